The van der Waals surface area contributed by atoms with Crippen molar-refractivity contribution in [2.24, 2.45) is 0 Å². The third-order valence-corrected chi connectivity index (χ3v) is 5.39. The molecule has 8 nitrogen and oxygen atoms in total. The Hall–Kier alpha value is -3.20. The van der Waals surface area contributed by atoms with Gasteiger partial charge in [0, 0.05) is 17.7 Å². The Balaban J connectivity index is 1.71. The lowest BCUT2D eigenvalue weighted by atomic mass is 10.1. The maximum atomic E-state index is 13.0. The van der Waals surface area contributed by atoms with Gasteiger partial charge in [-0.05, 0) is 37.3 Å². The fraction of sp³-hybridized carbons (Fsp3) is 0.167. The number of aryl methyl sites for hydroxylation is 1. The first-order chi connectivity index (χ1) is 13.0. The number of fused-ring (bicyclic) bond motifs is 1. The highest BCUT2D eigenvalue weighted by Gasteiger charge is 2.23. The SMILES string of the molecule is COc1ccc(-c2cc(C)no2)cc1S(=O)(=O)Nc1ccc2c(c1)OCO2. The zero-order valence-electron chi connectivity index (χ0n) is 14.6. The maximum absolute atomic E-state index is 13.0. The summed E-state index contributed by atoms with van der Waals surface area (Å²) < 4.78 is 49.4. The standard InChI is InChI=1S/C18H16N2O6S/c1-11-7-16(26-19-11)12-3-5-15(23-2)18(8-12)27(21,22)20-13-4-6-14-17(9-13)25-10-24-14/h3-9,20H,10H2,1-2H3. The number of nitrogens with one attached hydrogen (secondary N) is 1. The number of aromatic nitrogens is 1. The van der Waals surface area contributed by atoms with Crippen molar-refractivity contribution in [3.63, 3.8) is 0 Å². The Morgan fingerprint density at radius 2 is 1.89 bits per heavy atom. The van der Waals surface area contributed by atoms with E-state index in [0.29, 0.717) is 34.2 Å². The van der Waals surface area contributed by atoms with E-state index in [-0.39, 0.29) is 17.4 Å². The van der Waals surface area contributed by atoms with Crippen LogP contribution in [0.15, 0.2) is 51.9 Å². The lowest BCUT2D eigenvalue weighted by molar-refractivity contribution is 0.174. The third-order valence-electron chi connectivity index (χ3n) is 3.99. The van der Waals surface area contributed by atoms with E-state index in [1.807, 2.05) is 0 Å². The van der Waals surface area contributed by atoms with Gasteiger partial charge in [-0.3, -0.25) is 4.72 Å². The van der Waals surface area contributed by atoms with Gasteiger partial charge in [-0.2, -0.15) is 0 Å². The lowest BCUT2D eigenvalue weighted by Crippen LogP contribution is -2.14. The molecule has 0 bridgehead atoms. The molecule has 0 aliphatic carbocycles. The summed E-state index contributed by atoms with van der Waals surface area (Å²) in [6.07, 6.45) is 0. The highest BCUT2D eigenvalue weighted by molar-refractivity contribution is 7.92. The van der Waals surface area contributed by atoms with Gasteiger partial charge in [0.05, 0.1) is 18.5 Å². The second-order valence-corrected chi connectivity index (χ2v) is 7.52. The van der Waals surface area contributed by atoms with E-state index >= 15 is 0 Å². The van der Waals surface area contributed by atoms with Crippen molar-refractivity contribution in [1.29, 1.82) is 0 Å². The predicted molar refractivity (Wildman–Crippen MR) is 96.6 cm³/mol. The predicted octanol–water partition coefficient (Wildman–Crippen LogP) is 3.19. The molecule has 1 N–H and O–H groups in total. The van der Waals surface area contributed by atoms with Crippen molar-refractivity contribution in [1.82, 2.24) is 5.16 Å². The van der Waals surface area contributed by atoms with Crippen LogP contribution < -0.4 is 18.9 Å². The molecule has 0 fully saturated rings. The Morgan fingerprint density at radius 1 is 1.07 bits per heavy atom. The molecule has 27 heavy (non-hydrogen) atoms. The van der Waals surface area contributed by atoms with Gasteiger partial charge in [-0.1, -0.05) is 5.16 Å². The zero-order chi connectivity index (χ0) is 19.0. The van der Waals surface area contributed by atoms with E-state index in [9.17, 15) is 8.42 Å². The lowest BCUT2D eigenvalue weighted by Gasteiger charge is -2.13. The molecule has 1 aliphatic rings. The van der Waals surface area contributed by atoms with Crippen LogP contribution in [-0.4, -0.2) is 27.5 Å². The highest BCUT2D eigenvalue weighted by atomic mass is 32.2. The second-order valence-electron chi connectivity index (χ2n) is 5.87. The van der Waals surface area contributed by atoms with Crippen molar-refractivity contribution in [3.8, 4) is 28.6 Å². The summed E-state index contributed by atoms with van der Waals surface area (Å²) in [6, 6.07) is 11.3. The summed E-state index contributed by atoms with van der Waals surface area (Å²) in [6.45, 7) is 1.90. The van der Waals surface area contributed by atoms with Crippen molar-refractivity contribution in [2.75, 3.05) is 18.6 Å². The number of anilines is 1. The van der Waals surface area contributed by atoms with Crippen LogP contribution in [0.3, 0.4) is 0 Å². The van der Waals surface area contributed by atoms with Gasteiger partial charge in [0.25, 0.3) is 10.0 Å². The average molecular weight is 388 g/mol. The van der Waals surface area contributed by atoms with Crippen molar-refractivity contribution in [2.45, 2.75) is 11.8 Å². The Morgan fingerprint density at radius 3 is 2.63 bits per heavy atom. The number of rotatable bonds is 5. The summed E-state index contributed by atoms with van der Waals surface area (Å²) in [5, 5.41) is 3.83. The normalized spacial score (nSPS) is 12.8. The molecule has 0 amide bonds. The number of hydrogen-bond acceptors (Lipinski definition) is 7. The van der Waals surface area contributed by atoms with Crippen molar-refractivity contribution < 1.29 is 27.2 Å². The van der Waals surface area contributed by atoms with Crippen LogP contribution in [0.4, 0.5) is 5.69 Å². The molecule has 0 spiro atoms. The van der Waals surface area contributed by atoms with Gasteiger partial charge in [-0.25, -0.2) is 8.42 Å². The van der Waals surface area contributed by atoms with E-state index in [0.717, 1.165) is 0 Å². The summed E-state index contributed by atoms with van der Waals surface area (Å²) in [4.78, 5) is -0.0192. The van der Waals surface area contributed by atoms with Crippen LogP contribution >= 0.6 is 0 Å². The molecule has 9 heteroatoms. The molecule has 140 valence electrons. The molecule has 2 aromatic carbocycles. The minimum absolute atomic E-state index is 0.0192. The first kappa shape index (κ1) is 17.2. The van der Waals surface area contributed by atoms with E-state index in [1.54, 1.807) is 43.3 Å². The van der Waals surface area contributed by atoms with Crippen LogP contribution in [0, 0.1) is 6.92 Å². The molecular formula is C18H16N2O6S. The number of nitrogens with zero attached hydrogens (tertiary/aromatic N) is 1. The van der Waals surface area contributed by atoms with Gasteiger partial charge in [0.1, 0.15) is 10.6 Å². The van der Waals surface area contributed by atoms with Gasteiger partial charge in [-0.15, -0.1) is 0 Å². The third kappa shape index (κ3) is 3.28. The number of ether oxygens (including phenoxy) is 3. The number of benzene rings is 2. The van der Waals surface area contributed by atoms with Crippen molar-refractivity contribution in [3.05, 3.63) is 48.2 Å². The first-order valence-corrected chi connectivity index (χ1v) is 9.49. The number of methoxy groups -OCH3 is 1. The van der Waals surface area contributed by atoms with Crippen LogP contribution in [0.2, 0.25) is 0 Å². The molecule has 2 heterocycles. The van der Waals surface area contributed by atoms with Crippen LogP contribution in [-0.2, 0) is 10.0 Å². The van der Waals surface area contributed by atoms with E-state index in [1.165, 1.54) is 13.2 Å². The molecule has 0 saturated heterocycles. The summed E-state index contributed by atoms with van der Waals surface area (Å²) >= 11 is 0. The zero-order valence-corrected chi connectivity index (χ0v) is 15.4. The Kier molecular flexibility index (Phi) is 4.15. The fourth-order valence-corrected chi connectivity index (χ4v) is 3.96. The second kappa shape index (κ2) is 6.51. The number of sulfonamides is 1. The summed E-state index contributed by atoms with van der Waals surface area (Å²) in [5.74, 6) is 1.73. The molecule has 1 aliphatic heterocycles. The topological polar surface area (TPSA) is 99.9 Å². The van der Waals surface area contributed by atoms with Gasteiger partial charge in [0.2, 0.25) is 6.79 Å². The largest absolute Gasteiger partial charge is 0.495 e. The first-order valence-electron chi connectivity index (χ1n) is 8.00. The van der Waals surface area contributed by atoms with Crippen LogP contribution in [0.5, 0.6) is 17.2 Å². The van der Waals surface area contributed by atoms with E-state index in [2.05, 4.69) is 9.88 Å². The summed E-state index contributed by atoms with van der Waals surface area (Å²) in [5.41, 5.74) is 1.62. The van der Waals surface area contributed by atoms with E-state index < -0.39 is 10.0 Å². The van der Waals surface area contributed by atoms with Crippen molar-refractivity contribution >= 4 is 15.7 Å². The fourth-order valence-electron chi connectivity index (χ4n) is 2.71. The monoisotopic (exact) mass is 388 g/mol. The smallest absolute Gasteiger partial charge is 0.265 e. The maximum Gasteiger partial charge on any atom is 0.265 e. The molecular weight excluding hydrogens is 372 g/mol. The molecule has 4 rings (SSSR count). The number of hydrogen-bond donors (Lipinski definition) is 1. The molecule has 0 atom stereocenters. The average Bonchev–Trinajstić information content (AvgIpc) is 3.29. The molecule has 0 unspecified atom stereocenters. The van der Waals surface area contributed by atoms with Crippen LogP contribution in [0.25, 0.3) is 11.3 Å². The Bertz CT molecular complexity index is 1110. The highest BCUT2D eigenvalue weighted by Crippen LogP contribution is 2.36. The van der Waals surface area contributed by atoms with Gasteiger partial charge in [0.15, 0.2) is 17.3 Å². The molecule has 1 aromatic heterocycles. The van der Waals surface area contributed by atoms with Gasteiger partial charge < -0.3 is 18.7 Å². The Labute approximate surface area is 155 Å². The molecule has 3 aromatic rings. The molecule has 0 saturated carbocycles. The quantitative estimate of drug-likeness (QED) is 0.716. The van der Waals surface area contributed by atoms with Crippen LogP contribution in [0.1, 0.15) is 5.69 Å². The minimum Gasteiger partial charge on any atom is -0.495 e. The minimum atomic E-state index is -3.93. The molecule has 0 radical (unpaired) electrons. The van der Waals surface area contributed by atoms with Gasteiger partial charge >= 0.3 is 0 Å². The summed E-state index contributed by atoms with van der Waals surface area (Å²) in [7, 11) is -2.52. The van der Waals surface area contributed by atoms with E-state index in [4.69, 9.17) is 18.7 Å².